The maximum absolute atomic E-state index is 13.6. The van der Waals surface area contributed by atoms with Gasteiger partial charge in [-0.05, 0) is 61.2 Å². The Hall–Kier alpha value is -4.35. The number of hydrogen-bond donors (Lipinski definition) is 3. The Morgan fingerprint density at radius 1 is 1.05 bits per heavy atom. The van der Waals surface area contributed by atoms with Gasteiger partial charge in [-0.1, -0.05) is 12.1 Å². The highest BCUT2D eigenvalue weighted by molar-refractivity contribution is 5.94. The van der Waals surface area contributed by atoms with Gasteiger partial charge in [0.05, 0.1) is 11.3 Å². The number of nitrogens with zero attached hydrogens (tertiary/aromatic N) is 4. The summed E-state index contributed by atoms with van der Waals surface area (Å²) in [6.07, 6.45) is -4.58. The smallest absolute Gasteiger partial charge is 0.419 e. The Labute approximate surface area is 217 Å². The fourth-order valence-electron chi connectivity index (χ4n) is 4.30. The molecule has 3 aromatic rings. The summed E-state index contributed by atoms with van der Waals surface area (Å²) in [5.41, 5.74) is 7.50. The molecule has 38 heavy (non-hydrogen) atoms. The molecule has 9 nitrogen and oxygen atoms in total. The van der Waals surface area contributed by atoms with Gasteiger partial charge in [-0.3, -0.25) is 4.79 Å². The quantitative estimate of drug-likeness (QED) is 0.419. The molecule has 4 N–H and O–H groups in total. The molecule has 1 aliphatic heterocycles. The highest BCUT2D eigenvalue weighted by Gasteiger charge is 2.35. The number of benzene rings is 2. The van der Waals surface area contributed by atoms with E-state index in [0.717, 1.165) is 11.9 Å². The number of aromatic nitrogens is 2. The van der Waals surface area contributed by atoms with Crippen LogP contribution in [0.15, 0.2) is 48.7 Å². The van der Waals surface area contributed by atoms with Crippen molar-refractivity contribution in [3.05, 3.63) is 76.6 Å². The molecule has 1 fully saturated rings. The Morgan fingerprint density at radius 3 is 2.34 bits per heavy atom. The van der Waals surface area contributed by atoms with Crippen molar-refractivity contribution in [2.75, 3.05) is 36.4 Å². The summed E-state index contributed by atoms with van der Waals surface area (Å²) in [5.74, 6) is -0.569. The van der Waals surface area contributed by atoms with Crippen molar-refractivity contribution in [1.82, 2.24) is 14.9 Å². The number of rotatable bonds is 7. The summed E-state index contributed by atoms with van der Waals surface area (Å²) >= 11 is 0. The van der Waals surface area contributed by atoms with Crippen molar-refractivity contribution in [1.29, 1.82) is 0 Å². The molecule has 1 aliphatic rings. The third kappa shape index (κ3) is 6.31. The molecule has 12 heteroatoms. The number of halogens is 3. The predicted octanol–water partition coefficient (Wildman–Crippen LogP) is 4.23. The number of nitrogens with one attached hydrogen (secondary N) is 1. The highest BCUT2D eigenvalue weighted by atomic mass is 19.4. The Bertz CT molecular complexity index is 1320. The van der Waals surface area contributed by atoms with Crippen LogP contribution in [-0.4, -0.2) is 58.2 Å². The van der Waals surface area contributed by atoms with Crippen molar-refractivity contribution in [2.45, 2.75) is 25.9 Å². The van der Waals surface area contributed by atoms with E-state index in [2.05, 4.69) is 20.2 Å². The largest absolute Gasteiger partial charge is 0.465 e. The standard InChI is InChI=1S/C26H27F3N6O3/c1-16-2-3-17(14-20(16)23(30)36)4-9-22-21(26(27,28)29)15-31-24(33-22)32-18-5-7-19(8-6-18)34-10-12-35(13-11-34)25(37)38/h2-3,5-8,14-15H,4,9-13H2,1H3,(H2,30,36)(H,37,38)(H,31,32,33). The molecule has 0 aliphatic carbocycles. The maximum atomic E-state index is 13.6. The number of carboxylic acid groups (broad SMARTS) is 1. The molecule has 2 heterocycles. The first-order chi connectivity index (χ1) is 18.0. The van der Waals surface area contributed by atoms with Crippen LogP contribution in [0.3, 0.4) is 0 Å². The number of carbonyl (C=O) groups excluding carboxylic acids is 1. The monoisotopic (exact) mass is 528 g/mol. The van der Waals surface area contributed by atoms with E-state index in [1.165, 1.54) is 4.90 Å². The second-order valence-corrected chi connectivity index (χ2v) is 8.99. The molecule has 0 spiro atoms. The number of carbonyl (C=O) groups is 2. The van der Waals surface area contributed by atoms with Crippen molar-refractivity contribution in [3.63, 3.8) is 0 Å². The second-order valence-electron chi connectivity index (χ2n) is 8.99. The molecular weight excluding hydrogens is 501 g/mol. The number of anilines is 3. The first-order valence-electron chi connectivity index (χ1n) is 11.9. The number of primary amides is 1. The molecule has 1 saturated heterocycles. The van der Waals surface area contributed by atoms with Crippen molar-refractivity contribution in [3.8, 4) is 0 Å². The number of hydrogen-bond acceptors (Lipinski definition) is 6. The van der Waals surface area contributed by atoms with Gasteiger partial charge in [0.2, 0.25) is 11.9 Å². The average molecular weight is 529 g/mol. The molecular formula is C26H27F3N6O3. The Morgan fingerprint density at radius 2 is 1.74 bits per heavy atom. The summed E-state index contributed by atoms with van der Waals surface area (Å²) < 4.78 is 40.9. The Balaban J connectivity index is 1.47. The Kier molecular flexibility index (Phi) is 7.70. The lowest BCUT2D eigenvalue weighted by Crippen LogP contribution is -2.48. The number of aryl methyl sites for hydroxylation is 3. The van der Waals surface area contributed by atoms with E-state index >= 15 is 0 Å². The van der Waals surface area contributed by atoms with Crippen LogP contribution in [0, 0.1) is 6.92 Å². The lowest BCUT2D eigenvalue weighted by Gasteiger charge is -2.34. The van der Waals surface area contributed by atoms with E-state index in [-0.39, 0.29) is 24.5 Å². The third-order valence-corrected chi connectivity index (χ3v) is 6.43. The summed E-state index contributed by atoms with van der Waals surface area (Å²) in [4.78, 5) is 34.2. The van der Waals surface area contributed by atoms with Gasteiger partial charge < -0.3 is 26.0 Å². The van der Waals surface area contributed by atoms with Crippen molar-refractivity contribution in [2.24, 2.45) is 5.73 Å². The van der Waals surface area contributed by atoms with Gasteiger partial charge in [0.1, 0.15) is 0 Å². The van der Waals surface area contributed by atoms with Crippen LogP contribution >= 0.6 is 0 Å². The van der Waals surface area contributed by atoms with Crippen LogP contribution in [-0.2, 0) is 19.0 Å². The fourth-order valence-corrected chi connectivity index (χ4v) is 4.30. The van der Waals surface area contributed by atoms with Gasteiger partial charge in [-0.25, -0.2) is 14.8 Å². The first kappa shape index (κ1) is 26.7. The third-order valence-electron chi connectivity index (χ3n) is 6.43. The summed E-state index contributed by atoms with van der Waals surface area (Å²) in [5, 5.41) is 12.0. The molecule has 0 atom stereocenters. The van der Waals surface area contributed by atoms with Crippen molar-refractivity contribution >= 4 is 29.3 Å². The average Bonchev–Trinajstić information content (AvgIpc) is 2.88. The van der Waals surface area contributed by atoms with Gasteiger partial charge in [-0.15, -0.1) is 0 Å². The van der Waals surface area contributed by atoms with Gasteiger partial charge in [0.25, 0.3) is 0 Å². The molecule has 2 amide bonds. The normalized spacial score (nSPS) is 13.9. The van der Waals surface area contributed by atoms with E-state index in [4.69, 9.17) is 10.8 Å². The lowest BCUT2D eigenvalue weighted by atomic mass is 10.00. The molecule has 0 saturated carbocycles. The number of piperazine rings is 1. The van der Waals surface area contributed by atoms with Crippen LogP contribution in [0.1, 0.15) is 32.7 Å². The van der Waals surface area contributed by atoms with Crippen LogP contribution in [0.25, 0.3) is 0 Å². The molecule has 0 unspecified atom stereocenters. The van der Waals surface area contributed by atoms with Crippen LogP contribution < -0.4 is 16.0 Å². The second kappa shape index (κ2) is 11.0. The molecule has 0 bridgehead atoms. The number of amides is 2. The SMILES string of the molecule is Cc1ccc(CCc2nc(Nc3ccc(N4CCN(C(=O)O)CC4)cc3)ncc2C(F)(F)F)cc1C(N)=O. The van der Waals surface area contributed by atoms with Crippen LogP contribution in [0.5, 0.6) is 0 Å². The maximum Gasteiger partial charge on any atom is 0.419 e. The number of alkyl halides is 3. The minimum absolute atomic E-state index is 0.0193. The zero-order chi connectivity index (χ0) is 27.4. The summed E-state index contributed by atoms with van der Waals surface area (Å²) in [6, 6.07) is 12.3. The van der Waals surface area contributed by atoms with E-state index in [1.807, 2.05) is 12.1 Å². The zero-order valence-electron chi connectivity index (χ0n) is 20.6. The van der Waals surface area contributed by atoms with Gasteiger partial charge >= 0.3 is 12.3 Å². The fraction of sp³-hybridized carbons (Fsp3) is 0.308. The van der Waals surface area contributed by atoms with Gasteiger partial charge in [-0.2, -0.15) is 13.2 Å². The molecule has 1 aromatic heterocycles. The van der Waals surface area contributed by atoms with E-state index in [0.29, 0.717) is 48.6 Å². The van der Waals surface area contributed by atoms with Gasteiger partial charge in [0.15, 0.2) is 0 Å². The predicted molar refractivity (Wildman–Crippen MR) is 136 cm³/mol. The minimum Gasteiger partial charge on any atom is -0.465 e. The van der Waals surface area contributed by atoms with Gasteiger partial charge in [0, 0.05) is 49.3 Å². The van der Waals surface area contributed by atoms with Crippen molar-refractivity contribution < 1.29 is 27.9 Å². The number of nitrogens with two attached hydrogens (primary N) is 1. The van der Waals surface area contributed by atoms with Crippen LogP contribution in [0.4, 0.5) is 35.3 Å². The summed E-state index contributed by atoms with van der Waals surface area (Å²) in [7, 11) is 0. The molecule has 0 radical (unpaired) electrons. The lowest BCUT2D eigenvalue weighted by molar-refractivity contribution is -0.138. The van der Waals surface area contributed by atoms with E-state index in [1.54, 1.807) is 37.3 Å². The van der Waals surface area contributed by atoms with E-state index in [9.17, 15) is 22.8 Å². The minimum atomic E-state index is -4.62. The first-order valence-corrected chi connectivity index (χ1v) is 11.9. The summed E-state index contributed by atoms with van der Waals surface area (Å²) in [6.45, 7) is 3.67. The zero-order valence-corrected chi connectivity index (χ0v) is 20.6. The van der Waals surface area contributed by atoms with E-state index < -0.39 is 23.7 Å². The topological polar surface area (TPSA) is 125 Å². The molecule has 4 rings (SSSR count). The molecule has 2 aromatic carbocycles. The molecule has 200 valence electrons. The van der Waals surface area contributed by atoms with Crippen LogP contribution in [0.2, 0.25) is 0 Å². The highest BCUT2D eigenvalue weighted by Crippen LogP contribution is 2.32.